The van der Waals surface area contributed by atoms with E-state index in [2.05, 4.69) is 86.8 Å². The number of hydrogen-bond acceptors (Lipinski definition) is 5. The van der Waals surface area contributed by atoms with Gasteiger partial charge >= 0.3 is 11.9 Å². The average Bonchev–Trinajstić information content (AvgIpc) is 3.29. The first-order valence-electron chi connectivity index (χ1n) is 27.0. The molecule has 63 heavy (non-hydrogen) atoms. The summed E-state index contributed by atoms with van der Waals surface area (Å²) in [6.45, 7) is 4.05. The molecule has 1 unspecified atom stereocenters. The van der Waals surface area contributed by atoms with Crippen LogP contribution in [0.3, 0.4) is 0 Å². The third kappa shape index (κ3) is 51.9. The summed E-state index contributed by atoms with van der Waals surface area (Å²) in [5, 5.41) is 9.64. The van der Waals surface area contributed by atoms with Crippen LogP contribution < -0.4 is 0 Å². The maximum absolute atomic E-state index is 12.3. The minimum absolute atomic E-state index is 0.0690. The van der Waals surface area contributed by atoms with Crippen LogP contribution in [-0.4, -0.2) is 36.4 Å². The molecule has 0 amide bonds. The Morgan fingerprint density at radius 3 is 1.03 bits per heavy atom. The van der Waals surface area contributed by atoms with Crippen LogP contribution in [0, 0.1) is 0 Å². The molecule has 5 heteroatoms. The largest absolute Gasteiger partial charge is 0.462 e. The Morgan fingerprint density at radius 1 is 0.381 bits per heavy atom. The molecule has 0 rings (SSSR count). The van der Waals surface area contributed by atoms with Gasteiger partial charge in [0.1, 0.15) is 6.61 Å². The van der Waals surface area contributed by atoms with Gasteiger partial charge in [-0.25, -0.2) is 0 Å². The van der Waals surface area contributed by atoms with Gasteiger partial charge in [0.05, 0.1) is 6.61 Å². The van der Waals surface area contributed by atoms with Gasteiger partial charge in [-0.05, 0) is 64.2 Å². The number of carbonyl (C=O) groups is 2. The maximum Gasteiger partial charge on any atom is 0.306 e. The van der Waals surface area contributed by atoms with E-state index < -0.39 is 6.10 Å². The van der Waals surface area contributed by atoms with E-state index in [4.69, 9.17) is 9.47 Å². The lowest BCUT2D eigenvalue weighted by Gasteiger charge is -2.15. The van der Waals surface area contributed by atoms with Crippen LogP contribution in [0.15, 0.2) is 72.9 Å². The number of esters is 2. The Morgan fingerprint density at radius 2 is 0.683 bits per heavy atom. The number of aliphatic hydroxyl groups excluding tert-OH is 1. The van der Waals surface area contributed by atoms with Crippen LogP contribution in [-0.2, 0) is 19.1 Å². The molecule has 0 aliphatic heterocycles. The van der Waals surface area contributed by atoms with Gasteiger partial charge in [-0.3, -0.25) is 9.59 Å². The van der Waals surface area contributed by atoms with Crippen molar-refractivity contribution in [2.24, 2.45) is 0 Å². The number of unbranched alkanes of at least 4 members (excludes halogenated alkanes) is 29. The molecule has 0 spiro atoms. The Balaban J connectivity index is 3.52. The van der Waals surface area contributed by atoms with E-state index in [0.717, 1.165) is 83.5 Å². The molecule has 0 aromatic rings. The zero-order chi connectivity index (χ0) is 45.6. The summed E-state index contributed by atoms with van der Waals surface area (Å²) in [7, 11) is 0. The van der Waals surface area contributed by atoms with Gasteiger partial charge in [-0.1, -0.05) is 260 Å². The summed E-state index contributed by atoms with van der Waals surface area (Å²) in [5.74, 6) is -0.592. The molecule has 364 valence electrons. The number of rotatable bonds is 49. The zero-order valence-electron chi connectivity index (χ0n) is 41.6. The van der Waals surface area contributed by atoms with Gasteiger partial charge < -0.3 is 14.6 Å². The molecular formula is C58H102O5. The summed E-state index contributed by atoms with van der Waals surface area (Å²) in [4.78, 5) is 24.5. The summed E-state index contributed by atoms with van der Waals surface area (Å²) >= 11 is 0. The van der Waals surface area contributed by atoms with Crippen LogP contribution in [0.25, 0.3) is 0 Å². The van der Waals surface area contributed by atoms with Crippen molar-refractivity contribution in [1.29, 1.82) is 0 Å². The predicted octanol–water partition coefficient (Wildman–Crippen LogP) is 18.0. The van der Waals surface area contributed by atoms with Crippen molar-refractivity contribution in [3.05, 3.63) is 72.9 Å². The Labute approximate surface area is 391 Å². The topological polar surface area (TPSA) is 72.8 Å². The molecule has 0 bridgehead atoms. The summed E-state index contributed by atoms with van der Waals surface area (Å²) in [5.41, 5.74) is 0. The quantitative estimate of drug-likeness (QED) is 0.0374. The molecule has 0 radical (unpaired) electrons. The molecule has 0 heterocycles. The maximum atomic E-state index is 12.3. The first-order chi connectivity index (χ1) is 31.1. The highest BCUT2D eigenvalue weighted by molar-refractivity contribution is 5.70. The third-order valence-corrected chi connectivity index (χ3v) is 11.8. The number of hydrogen-bond donors (Lipinski definition) is 1. The fraction of sp³-hybridized carbons (Fsp3) is 0.759. The molecule has 1 atom stereocenters. The van der Waals surface area contributed by atoms with Gasteiger partial charge in [0.15, 0.2) is 6.10 Å². The van der Waals surface area contributed by atoms with E-state index in [1.807, 2.05) is 0 Å². The molecule has 0 aliphatic rings. The SMILES string of the molecule is CC/C=C\C/C=C\C/C=C\C/C=C\C/C=C\C/C=C\CCCCCCCCCCC(=O)OC(CO)COC(=O)CCCCCCCCCCCCCCCCCCCCCCCC. The molecule has 0 aromatic carbocycles. The van der Waals surface area contributed by atoms with Crippen LogP contribution >= 0.6 is 0 Å². The lowest BCUT2D eigenvalue weighted by Crippen LogP contribution is -2.28. The van der Waals surface area contributed by atoms with E-state index in [0.29, 0.717) is 12.8 Å². The summed E-state index contributed by atoms with van der Waals surface area (Å²) < 4.78 is 10.7. The molecule has 0 saturated carbocycles. The van der Waals surface area contributed by atoms with Gasteiger partial charge in [0.25, 0.3) is 0 Å². The van der Waals surface area contributed by atoms with E-state index in [9.17, 15) is 14.7 Å². The molecule has 0 saturated heterocycles. The Bertz CT molecular complexity index is 1130. The number of aliphatic hydroxyl groups is 1. The highest BCUT2D eigenvalue weighted by Crippen LogP contribution is 2.16. The Kier molecular flexibility index (Phi) is 51.4. The van der Waals surface area contributed by atoms with Crippen molar-refractivity contribution in [1.82, 2.24) is 0 Å². The number of allylic oxidation sites excluding steroid dienone is 12. The zero-order valence-corrected chi connectivity index (χ0v) is 41.6. The van der Waals surface area contributed by atoms with E-state index in [1.54, 1.807) is 0 Å². The second-order valence-corrected chi connectivity index (χ2v) is 17.9. The monoisotopic (exact) mass is 879 g/mol. The van der Waals surface area contributed by atoms with Crippen molar-refractivity contribution < 1.29 is 24.2 Å². The Hall–Kier alpha value is -2.66. The van der Waals surface area contributed by atoms with E-state index in [1.165, 1.54) is 154 Å². The molecule has 0 aromatic heterocycles. The third-order valence-electron chi connectivity index (χ3n) is 11.8. The standard InChI is InChI=1S/C58H102O5/c1-3-5-7-9-11-13-15-17-19-21-23-25-27-28-29-30-31-33-35-37-39-41-43-45-47-49-51-53-58(61)63-56(54-59)55-62-57(60)52-50-48-46-44-42-40-38-36-34-32-26-24-22-20-18-16-14-12-10-8-6-4-2/h5,7,11,13,17,19,23,25,28-29,31,33,56,59H,3-4,6,8-10,12,14-16,18,20-22,24,26-27,30,32,34-55H2,1-2H3/b7-5-,13-11-,19-17-,25-23-,29-28-,33-31-. The van der Waals surface area contributed by atoms with E-state index in [-0.39, 0.29) is 25.2 Å². The van der Waals surface area contributed by atoms with Crippen LogP contribution in [0.1, 0.15) is 264 Å². The molecule has 5 nitrogen and oxygen atoms in total. The highest BCUT2D eigenvalue weighted by Gasteiger charge is 2.16. The lowest BCUT2D eigenvalue weighted by molar-refractivity contribution is -0.161. The van der Waals surface area contributed by atoms with E-state index >= 15 is 0 Å². The van der Waals surface area contributed by atoms with Gasteiger partial charge in [0.2, 0.25) is 0 Å². The molecule has 0 aliphatic carbocycles. The number of carbonyl (C=O) groups excluding carboxylic acids is 2. The van der Waals surface area contributed by atoms with Crippen LogP contribution in [0.2, 0.25) is 0 Å². The minimum Gasteiger partial charge on any atom is -0.462 e. The lowest BCUT2D eigenvalue weighted by atomic mass is 10.0. The average molecular weight is 879 g/mol. The fourth-order valence-corrected chi connectivity index (χ4v) is 7.74. The fourth-order valence-electron chi connectivity index (χ4n) is 7.74. The van der Waals surface area contributed by atoms with Crippen LogP contribution in [0.5, 0.6) is 0 Å². The first kappa shape index (κ1) is 60.3. The van der Waals surface area contributed by atoms with Crippen molar-refractivity contribution in [2.45, 2.75) is 270 Å². The van der Waals surface area contributed by atoms with Crippen molar-refractivity contribution in [2.75, 3.05) is 13.2 Å². The van der Waals surface area contributed by atoms with Crippen molar-refractivity contribution in [3.63, 3.8) is 0 Å². The van der Waals surface area contributed by atoms with Crippen LogP contribution in [0.4, 0.5) is 0 Å². The first-order valence-corrected chi connectivity index (χ1v) is 27.0. The normalized spacial score (nSPS) is 12.7. The van der Waals surface area contributed by atoms with Gasteiger partial charge in [0, 0.05) is 12.8 Å². The number of ether oxygens (including phenoxy) is 2. The highest BCUT2D eigenvalue weighted by atomic mass is 16.6. The summed E-state index contributed by atoms with van der Waals surface area (Å²) in [6, 6.07) is 0. The van der Waals surface area contributed by atoms with Gasteiger partial charge in [-0.2, -0.15) is 0 Å². The van der Waals surface area contributed by atoms with Crippen molar-refractivity contribution in [3.8, 4) is 0 Å². The molecular weight excluding hydrogens is 777 g/mol. The van der Waals surface area contributed by atoms with Crippen molar-refractivity contribution >= 4 is 11.9 Å². The smallest absolute Gasteiger partial charge is 0.306 e. The summed E-state index contributed by atoms with van der Waals surface area (Å²) in [6.07, 6.45) is 72.9. The predicted molar refractivity (Wildman–Crippen MR) is 274 cm³/mol. The second-order valence-electron chi connectivity index (χ2n) is 17.9. The molecule has 1 N–H and O–H groups in total. The van der Waals surface area contributed by atoms with Gasteiger partial charge in [-0.15, -0.1) is 0 Å². The molecule has 0 fully saturated rings. The minimum atomic E-state index is -0.779. The second kappa shape index (κ2) is 53.7.